The highest BCUT2D eigenvalue weighted by Crippen LogP contribution is 2.41. The summed E-state index contributed by atoms with van der Waals surface area (Å²) in [4.78, 5) is 2.69. The molecular formula is C18H18BrNS. The molecule has 2 unspecified atom stereocenters. The van der Waals surface area contributed by atoms with Crippen LogP contribution in [0.1, 0.15) is 30.4 Å². The quantitative estimate of drug-likeness (QED) is 0.715. The van der Waals surface area contributed by atoms with Crippen molar-refractivity contribution in [2.75, 3.05) is 0 Å². The van der Waals surface area contributed by atoms with E-state index in [0.717, 1.165) is 6.54 Å². The van der Waals surface area contributed by atoms with E-state index in [0.29, 0.717) is 12.1 Å². The van der Waals surface area contributed by atoms with Gasteiger partial charge in [-0.05, 0) is 51.7 Å². The first kappa shape index (κ1) is 13.7. The van der Waals surface area contributed by atoms with E-state index in [-0.39, 0.29) is 0 Å². The molecule has 3 heteroatoms. The number of thiophene rings is 1. The van der Waals surface area contributed by atoms with Gasteiger partial charge in [0.25, 0.3) is 0 Å². The molecule has 1 fully saturated rings. The van der Waals surface area contributed by atoms with Crippen LogP contribution < -0.4 is 0 Å². The molecule has 0 spiro atoms. The van der Waals surface area contributed by atoms with Gasteiger partial charge in [0.05, 0.1) is 0 Å². The summed E-state index contributed by atoms with van der Waals surface area (Å²) in [5, 5.41) is 4.47. The van der Waals surface area contributed by atoms with E-state index in [1.54, 1.807) is 16.9 Å². The molecule has 1 saturated heterocycles. The molecule has 21 heavy (non-hydrogen) atoms. The lowest BCUT2D eigenvalue weighted by Crippen LogP contribution is -2.37. The summed E-state index contributed by atoms with van der Waals surface area (Å²) in [5.74, 6) is 0. The molecule has 0 saturated carbocycles. The van der Waals surface area contributed by atoms with Gasteiger partial charge in [0.2, 0.25) is 0 Å². The van der Waals surface area contributed by atoms with Crippen LogP contribution in [0, 0.1) is 0 Å². The van der Waals surface area contributed by atoms with Crippen molar-refractivity contribution in [1.82, 2.24) is 4.90 Å². The smallest absolute Gasteiger partial charge is 0.0357 e. The largest absolute Gasteiger partial charge is 0.289 e. The molecule has 0 N–H and O–H groups in total. The number of rotatable bonds is 3. The number of halogens is 1. The predicted molar refractivity (Wildman–Crippen MR) is 93.4 cm³/mol. The van der Waals surface area contributed by atoms with Gasteiger partial charge in [0.15, 0.2) is 0 Å². The summed E-state index contributed by atoms with van der Waals surface area (Å²) >= 11 is 5.47. The van der Waals surface area contributed by atoms with E-state index in [2.05, 4.69) is 68.0 Å². The molecule has 1 aromatic carbocycles. The third kappa shape index (κ3) is 2.63. The second-order valence-corrected chi connectivity index (χ2v) is 7.58. The number of hydrogen-bond donors (Lipinski definition) is 0. The van der Waals surface area contributed by atoms with Gasteiger partial charge in [-0.15, -0.1) is 0 Å². The van der Waals surface area contributed by atoms with Gasteiger partial charge >= 0.3 is 0 Å². The molecule has 0 radical (unpaired) electrons. The molecule has 2 aromatic rings. The number of nitrogens with zero attached hydrogens (tertiary/aromatic N) is 1. The average Bonchev–Trinajstić information content (AvgIpc) is 3.01. The fraction of sp³-hybridized carbons (Fsp3) is 0.333. The zero-order valence-electron chi connectivity index (χ0n) is 11.8. The maximum Gasteiger partial charge on any atom is 0.0357 e. The van der Waals surface area contributed by atoms with Crippen molar-refractivity contribution >= 4 is 32.8 Å². The van der Waals surface area contributed by atoms with Gasteiger partial charge < -0.3 is 0 Å². The van der Waals surface area contributed by atoms with Gasteiger partial charge in [-0.2, -0.15) is 11.3 Å². The lowest BCUT2D eigenvalue weighted by atomic mass is 9.96. The Morgan fingerprint density at radius 1 is 1.14 bits per heavy atom. The standard InChI is InChI=1S/C18H18BrNS/c19-18-12-21-11-17(18)14-8-15-6-7-16(9-14)20(15)10-13-4-2-1-3-5-13/h1-5,8,11-12,15-16H,6-7,9-10H2. The average molecular weight is 360 g/mol. The second kappa shape index (κ2) is 5.71. The highest BCUT2D eigenvalue weighted by Gasteiger charge is 2.36. The van der Waals surface area contributed by atoms with Gasteiger partial charge in [-0.3, -0.25) is 4.90 Å². The molecule has 1 aromatic heterocycles. The van der Waals surface area contributed by atoms with Crippen molar-refractivity contribution < 1.29 is 0 Å². The Bertz CT molecular complexity index is 661. The first-order valence-corrected chi connectivity index (χ1v) is 9.27. The Balaban J connectivity index is 1.58. The monoisotopic (exact) mass is 359 g/mol. The van der Waals surface area contributed by atoms with Crippen LogP contribution in [-0.2, 0) is 6.54 Å². The minimum absolute atomic E-state index is 0.616. The Morgan fingerprint density at radius 2 is 2.00 bits per heavy atom. The van der Waals surface area contributed by atoms with Gasteiger partial charge in [0, 0.05) is 34.0 Å². The molecule has 2 aliphatic heterocycles. The molecule has 0 amide bonds. The third-order valence-corrected chi connectivity index (χ3v) is 6.41. The molecule has 2 aliphatic rings. The highest BCUT2D eigenvalue weighted by atomic mass is 79.9. The number of fused-ring (bicyclic) bond motifs is 2. The molecule has 2 bridgehead atoms. The Morgan fingerprint density at radius 3 is 2.71 bits per heavy atom. The zero-order valence-corrected chi connectivity index (χ0v) is 14.2. The van der Waals surface area contributed by atoms with Crippen LogP contribution in [0.5, 0.6) is 0 Å². The van der Waals surface area contributed by atoms with Gasteiger partial charge in [-0.25, -0.2) is 0 Å². The summed E-state index contributed by atoms with van der Waals surface area (Å²) in [6, 6.07) is 12.2. The fourth-order valence-corrected chi connectivity index (χ4v) is 5.24. The molecule has 1 nitrogen and oxygen atoms in total. The lowest BCUT2D eigenvalue weighted by Gasteiger charge is -2.34. The van der Waals surface area contributed by atoms with E-state index in [9.17, 15) is 0 Å². The van der Waals surface area contributed by atoms with E-state index in [1.165, 1.54) is 34.9 Å². The van der Waals surface area contributed by atoms with Crippen LogP contribution in [0.4, 0.5) is 0 Å². The molecular weight excluding hydrogens is 342 g/mol. The van der Waals surface area contributed by atoms with Crippen molar-refractivity contribution in [3.8, 4) is 0 Å². The zero-order chi connectivity index (χ0) is 14.2. The first-order chi connectivity index (χ1) is 10.3. The topological polar surface area (TPSA) is 3.24 Å². The van der Waals surface area contributed by atoms with Crippen LogP contribution in [0.3, 0.4) is 0 Å². The molecule has 108 valence electrons. The van der Waals surface area contributed by atoms with Crippen LogP contribution in [-0.4, -0.2) is 17.0 Å². The predicted octanol–water partition coefficient (Wildman–Crippen LogP) is 5.33. The van der Waals surface area contributed by atoms with Crippen LogP contribution in [0.2, 0.25) is 0 Å². The summed E-state index contributed by atoms with van der Waals surface area (Å²) in [7, 11) is 0. The SMILES string of the molecule is Brc1cscc1C1=CC2CCC(C1)N2Cc1ccccc1. The van der Waals surface area contributed by atoms with Crippen molar-refractivity contribution in [2.45, 2.75) is 37.9 Å². The van der Waals surface area contributed by atoms with E-state index >= 15 is 0 Å². The molecule has 0 aliphatic carbocycles. The normalized spacial score (nSPS) is 25.1. The van der Waals surface area contributed by atoms with Crippen LogP contribution in [0.25, 0.3) is 5.57 Å². The summed E-state index contributed by atoms with van der Waals surface area (Å²) in [6.45, 7) is 1.09. The van der Waals surface area contributed by atoms with Crippen LogP contribution >= 0.6 is 27.3 Å². The number of benzene rings is 1. The van der Waals surface area contributed by atoms with Crippen LogP contribution in [0.15, 0.2) is 51.6 Å². The van der Waals surface area contributed by atoms with Gasteiger partial charge in [0.1, 0.15) is 0 Å². The maximum absolute atomic E-state index is 3.69. The van der Waals surface area contributed by atoms with Crippen molar-refractivity contribution in [1.29, 1.82) is 0 Å². The third-order valence-electron chi connectivity index (χ3n) is 4.71. The Labute approximate surface area is 138 Å². The van der Waals surface area contributed by atoms with E-state index in [1.807, 2.05) is 0 Å². The molecule has 3 heterocycles. The summed E-state index contributed by atoms with van der Waals surface area (Å²) in [5.41, 5.74) is 4.39. The Kier molecular flexibility index (Phi) is 3.74. The van der Waals surface area contributed by atoms with Crippen molar-refractivity contribution in [3.63, 3.8) is 0 Å². The Hall–Kier alpha value is -0.900. The first-order valence-electron chi connectivity index (χ1n) is 7.53. The molecule has 4 rings (SSSR count). The minimum atomic E-state index is 0.616. The fourth-order valence-electron chi connectivity index (χ4n) is 3.67. The number of hydrogen-bond acceptors (Lipinski definition) is 2. The highest BCUT2D eigenvalue weighted by molar-refractivity contribution is 9.10. The van der Waals surface area contributed by atoms with Crippen molar-refractivity contribution in [2.24, 2.45) is 0 Å². The molecule has 2 atom stereocenters. The van der Waals surface area contributed by atoms with Gasteiger partial charge in [-0.1, -0.05) is 36.4 Å². The maximum atomic E-state index is 3.69. The van der Waals surface area contributed by atoms with E-state index < -0.39 is 0 Å². The van der Waals surface area contributed by atoms with Crippen molar-refractivity contribution in [3.05, 3.63) is 62.8 Å². The lowest BCUT2D eigenvalue weighted by molar-refractivity contribution is 0.203. The minimum Gasteiger partial charge on any atom is -0.289 e. The van der Waals surface area contributed by atoms with E-state index in [4.69, 9.17) is 0 Å². The second-order valence-electron chi connectivity index (χ2n) is 5.99. The summed E-state index contributed by atoms with van der Waals surface area (Å²) < 4.78 is 1.26. The summed E-state index contributed by atoms with van der Waals surface area (Å²) in [6.07, 6.45) is 6.35.